The van der Waals surface area contributed by atoms with E-state index in [4.69, 9.17) is 0 Å². The number of hydrogen-bond acceptors (Lipinski definition) is 4. The molecule has 2 N–H and O–H groups in total. The molecule has 0 aliphatic heterocycles. The standard InChI is InChI=1S/C21H22N6O2/c1-13-5-6-16(9-14(13)2)19-24-21(29)18-10-17(12-27(18)25-19)20(28)23-15(3)11-26-8-4-7-22-26/h4-10,12,15H,11H2,1-3H3,(H,23,28)(H,24,25,29). The number of aromatic nitrogens is 5. The molecule has 1 atom stereocenters. The number of carbonyl (C=O) groups is 1. The molecule has 0 saturated carbocycles. The van der Waals surface area contributed by atoms with E-state index in [1.54, 1.807) is 23.1 Å². The highest BCUT2D eigenvalue weighted by Gasteiger charge is 2.15. The SMILES string of the molecule is Cc1ccc(-c2nn3cc(C(=O)NC(C)Cn4cccn4)cc3c(=O)[nH]2)cc1C. The molecule has 0 spiro atoms. The molecule has 1 aromatic carbocycles. The third-order valence-corrected chi connectivity index (χ3v) is 4.91. The van der Waals surface area contributed by atoms with Crippen molar-refractivity contribution >= 4 is 11.4 Å². The number of fused-ring (bicyclic) bond motifs is 1. The van der Waals surface area contributed by atoms with Crippen molar-refractivity contribution in [2.24, 2.45) is 0 Å². The Balaban J connectivity index is 1.60. The van der Waals surface area contributed by atoms with Crippen LogP contribution in [0.4, 0.5) is 0 Å². The summed E-state index contributed by atoms with van der Waals surface area (Å²) in [7, 11) is 0. The fourth-order valence-corrected chi connectivity index (χ4v) is 3.19. The summed E-state index contributed by atoms with van der Waals surface area (Å²) < 4.78 is 3.21. The second-order valence-electron chi connectivity index (χ2n) is 7.26. The zero-order chi connectivity index (χ0) is 20.5. The van der Waals surface area contributed by atoms with Crippen molar-refractivity contribution in [2.45, 2.75) is 33.4 Å². The van der Waals surface area contributed by atoms with Gasteiger partial charge in [-0.2, -0.15) is 5.10 Å². The lowest BCUT2D eigenvalue weighted by Crippen LogP contribution is -2.35. The Morgan fingerprint density at radius 3 is 2.79 bits per heavy atom. The van der Waals surface area contributed by atoms with Crippen molar-refractivity contribution in [3.05, 3.63) is 76.0 Å². The van der Waals surface area contributed by atoms with Crippen molar-refractivity contribution in [1.82, 2.24) is 29.7 Å². The summed E-state index contributed by atoms with van der Waals surface area (Å²) in [5.41, 5.74) is 3.51. The van der Waals surface area contributed by atoms with Crippen LogP contribution in [0.25, 0.3) is 16.9 Å². The van der Waals surface area contributed by atoms with Gasteiger partial charge < -0.3 is 10.3 Å². The van der Waals surface area contributed by atoms with E-state index in [0.717, 1.165) is 11.1 Å². The predicted octanol–water partition coefficient (Wildman–Crippen LogP) is 2.32. The third kappa shape index (κ3) is 3.82. The van der Waals surface area contributed by atoms with Crippen LogP contribution in [0.2, 0.25) is 0 Å². The Bertz CT molecular complexity index is 1240. The van der Waals surface area contributed by atoms with Gasteiger partial charge in [-0.25, -0.2) is 4.52 Å². The first kappa shape index (κ1) is 18.7. The summed E-state index contributed by atoms with van der Waals surface area (Å²) in [6.45, 7) is 6.50. The van der Waals surface area contributed by atoms with Crippen LogP contribution in [0, 0.1) is 13.8 Å². The van der Waals surface area contributed by atoms with Crippen molar-refractivity contribution in [3.63, 3.8) is 0 Å². The maximum atomic E-state index is 12.6. The molecule has 0 fully saturated rings. The number of H-pyrrole nitrogens is 1. The lowest BCUT2D eigenvalue weighted by Gasteiger charge is -2.13. The highest BCUT2D eigenvalue weighted by molar-refractivity contribution is 5.95. The van der Waals surface area contributed by atoms with E-state index in [2.05, 4.69) is 20.5 Å². The van der Waals surface area contributed by atoms with Gasteiger partial charge in [0.05, 0.1) is 12.1 Å². The normalized spacial score (nSPS) is 12.2. The number of benzene rings is 1. The van der Waals surface area contributed by atoms with Crippen LogP contribution in [-0.4, -0.2) is 36.3 Å². The molecule has 4 aromatic rings. The van der Waals surface area contributed by atoms with E-state index in [1.165, 1.54) is 10.1 Å². The number of amides is 1. The maximum absolute atomic E-state index is 12.6. The molecule has 3 aromatic heterocycles. The van der Waals surface area contributed by atoms with Gasteiger partial charge in [0.1, 0.15) is 5.52 Å². The van der Waals surface area contributed by atoms with Gasteiger partial charge in [0.25, 0.3) is 11.5 Å². The van der Waals surface area contributed by atoms with Crippen molar-refractivity contribution in [2.75, 3.05) is 0 Å². The Morgan fingerprint density at radius 1 is 1.24 bits per heavy atom. The highest BCUT2D eigenvalue weighted by atomic mass is 16.2. The lowest BCUT2D eigenvalue weighted by molar-refractivity contribution is 0.0936. The van der Waals surface area contributed by atoms with Crippen molar-refractivity contribution in [1.29, 1.82) is 0 Å². The quantitative estimate of drug-likeness (QED) is 0.546. The summed E-state index contributed by atoms with van der Waals surface area (Å²) in [6, 6.07) is 9.15. The van der Waals surface area contributed by atoms with Crippen LogP contribution in [0.15, 0.2) is 53.7 Å². The fourth-order valence-electron chi connectivity index (χ4n) is 3.19. The van der Waals surface area contributed by atoms with Gasteiger partial charge in [-0.05, 0) is 50.1 Å². The molecule has 1 amide bonds. The first-order valence-electron chi connectivity index (χ1n) is 9.39. The van der Waals surface area contributed by atoms with E-state index in [1.807, 2.05) is 51.2 Å². The van der Waals surface area contributed by atoms with Crippen LogP contribution in [0.5, 0.6) is 0 Å². The summed E-state index contributed by atoms with van der Waals surface area (Å²) in [4.78, 5) is 27.9. The van der Waals surface area contributed by atoms with Crippen LogP contribution < -0.4 is 10.9 Å². The van der Waals surface area contributed by atoms with Crippen LogP contribution in [0.1, 0.15) is 28.4 Å². The molecule has 4 rings (SSSR count). The Hall–Kier alpha value is -3.68. The number of rotatable bonds is 5. The zero-order valence-corrected chi connectivity index (χ0v) is 16.5. The average Bonchev–Trinajstić information content (AvgIpc) is 3.33. The molecular formula is C21H22N6O2. The summed E-state index contributed by atoms with van der Waals surface area (Å²) in [6.07, 6.45) is 5.11. The molecule has 0 bridgehead atoms. The van der Waals surface area contributed by atoms with Crippen LogP contribution in [-0.2, 0) is 6.54 Å². The van der Waals surface area contributed by atoms with E-state index in [0.29, 0.717) is 23.4 Å². The first-order chi connectivity index (χ1) is 13.9. The zero-order valence-electron chi connectivity index (χ0n) is 16.5. The van der Waals surface area contributed by atoms with Gasteiger partial charge in [0.15, 0.2) is 5.82 Å². The summed E-state index contributed by atoms with van der Waals surface area (Å²) >= 11 is 0. The third-order valence-electron chi connectivity index (χ3n) is 4.91. The lowest BCUT2D eigenvalue weighted by atomic mass is 10.1. The number of aryl methyl sites for hydroxylation is 2. The molecule has 3 heterocycles. The Kier molecular flexibility index (Phi) is 4.75. The molecule has 8 nitrogen and oxygen atoms in total. The number of carbonyl (C=O) groups excluding carboxylic acids is 1. The molecule has 148 valence electrons. The fraction of sp³-hybridized carbons (Fsp3) is 0.238. The minimum absolute atomic E-state index is 0.122. The summed E-state index contributed by atoms with van der Waals surface area (Å²) in [5, 5.41) is 11.5. The highest BCUT2D eigenvalue weighted by Crippen LogP contribution is 2.18. The first-order valence-corrected chi connectivity index (χ1v) is 9.39. The van der Waals surface area contributed by atoms with E-state index in [-0.39, 0.29) is 17.5 Å². The minimum atomic E-state index is -0.295. The van der Waals surface area contributed by atoms with Gasteiger partial charge in [0, 0.05) is 30.2 Å². The number of nitrogens with zero attached hydrogens (tertiary/aromatic N) is 4. The van der Waals surface area contributed by atoms with Crippen molar-refractivity contribution in [3.8, 4) is 11.4 Å². The molecular weight excluding hydrogens is 368 g/mol. The van der Waals surface area contributed by atoms with E-state index >= 15 is 0 Å². The Morgan fingerprint density at radius 2 is 2.07 bits per heavy atom. The smallest absolute Gasteiger partial charge is 0.275 e. The molecule has 1 unspecified atom stereocenters. The number of aromatic amines is 1. The molecule has 0 radical (unpaired) electrons. The number of nitrogens with one attached hydrogen (secondary N) is 2. The molecule has 0 aliphatic rings. The summed E-state index contributed by atoms with van der Waals surface area (Å²) in [5.74, 6) is 0.197. The molecule has 0 aliphatic carbocycles. The maximum Gasteiger partial charge on any atom is 0.275 e. The second-order valence-corrected chi connectivity index (χ2v) is 7.26. The monoisotopic (exact) mass is 390 g/mol. The van der Waals surface area contributed by atoms with E-state index in [9.17, 15) is 9.59 Å². The van der Waals surface area contributed by atoms with Gasteiger partial charge in [-0.1, -0.05) is 12.1 Å². The second kappa shape index (κ2) is 7.38. The largest absolute Gasteiger partial charge is 0.348 e. The topological polar surface area (TPSA) is 97.1 Å². The predicted molar refractivity (Wildman–Crippen MR) is 110 cm³/mol. The average molecular weight is 390 g/mol. The molecule has 8 heteroatoms. The van der Waals surface area contributed by atoms with E-state index < -0.39 is 0 Å². The van der Waals surface area contributed by atoms with Crippen molar-refractivity contribution < 1.29 is 4.79 Å². The van der Waals surface area contributed by atoms with Gasteiger partial charge in [-0.3, -0.25) is 14.3 Å². The van der Waals surface area contributed by atoms with Crippen LogP contribution >= 0.6 is 0 Å². The van der Waals surface area contributed by atoms with Gasteiger partial charge in [0.2, 0.25) is 0 Å². The number of hydrogen-bond donors (Lipinski definition) is 2. The Labute approximate surface area is 167 Å². The minimum Gasteiger partial charge on any atom is -0.348 e. The van der Waals surface area contributed by atoms with Gasteiger partial charge >= 0.3 is 0 Å². The molecule has 0 saturated heterocycles. The molecule has 29 heavy (non-hydrogen) atoms. The van der Waals surface area contributed by atoms with Crippen LogP contribution in [0.3, 0.4) is 0 Å². The van der Waals surface area contributed by atoms with Gasteiger partial charge in [-0.15, -0.1) is 5.10 Å².